The maximum absolute atomic E-state index is 14.1. The minimum Gasteiger partial charge on any atom is -0.444 e. The molecule has 0 bridgehead atoms. The number of benzene rings is 1. The van der Waals surface area contributed by atoms with Crippen LogP contribution in [0.2, 0.25) is 5.02 Å². The number of nitrogens with zero attached hydrogens (tertiary/aromatic N) is 2. The number of amides is 1. The predicted molar refractivity (Wildman–Crippen MR) is 103 cm³/mol. The summed E-state index contributed by atoms with van der Waals surface area (Å²) in [7, 11) is 0. The zero-order valence-corrected chi connectivity index (χ0v) is 16.2. The molecule has 0 spiro atoms. The summed E-state index contributed by atoms with van der Waals surface area (Å²) in [4.78, 5) is 20.9. The van der Waals surface area contributed by atoms with Crippen LogP contribution in [0.5, 0.6) is 11.6 Å². The number of carbonyl (C=O) groups is 1. The van der Waals surface area contributed by atoms with Crippen LogP contribution < -0.4 is 15.8 Å². The summed E-state index contributed by atoms with van der Waals surface area (Å²) >= 11 is 7.26. The van der Waals surface area contributed by atoms with Gasteiger partial charge in [-0.05, 0) is 32.9 Å². The first-order chi connectivity index (χ1) is 12.6. The number of hydrogen-bond acceptors (Lipinski definition) is 7. The Hall–Kier alpha value is -2.65. The second-order valence-electron chi connectivity index (χ2n) is 6.52. The Labute approximate surface area is 163 Å². The Morgan fingerprint density at radius 2 is 2.04 bits per heavy atom. The number of rotatable bonds is 3. The van der Waals surface area contributed by atoms with Gasteiger partial charge in [-0.2, -0.15) is 0 Å². The lowest BCUT2D eigenvalue weighted by Gasteiger charge is -2.20. The third-order valence-corrected chi connectivity index (χ3v) is 4.21. The van der Waals surface area contributed by atoms with E-state index in [-0.39, 0.29) is 22.3 Å². The number of thiazole rings is 1. The largest absolute Gasteiger partial charge is 0.444 e. The van der Waals surface area contributed by atoms with Gasteiger partial charge in [0.1, 0.15) is 27.5 Å². The number of carbonyl (C=O) groups excluding carboxylic acids is 1. The molecule has 0 aliphatic carbocycles. The van der Waals surface area contributed by atoms with Gasteiger partial charge in [0.2, 0.25) is 5.88 Å². The molecule has 3 N–H and O–H groups in total. The minimum atomic E-state index is -0.797. The lowest BCUT2D eigenvalue weighted by atomic mass is 10.2. The highest BCUT2D eigenvalue weighted by Crippen LogP contribution is 2.34. The smallest absolute Gasteiger partial charge is 0.412 e. The van der Waals surface area contributed by atoms with E-state index >= 15 is 0 Å². The second kappa shape index (κ2) is 7.16. The highest BCUT2D eigenvalue weighted by Gasteiger charge is 2.19. The first-order valence-corrected chi connectivity index (χ1v) is 9.00. The number of nitrogens with two attached hydrogens (primary N) is 1. The molecule has 7 nitrogen and oxygen atoms in total. The van der Waals surface area contributed by atoms with Gasteiger partial charge in [-0.15, -0.1) is 0 Å². The summed E-state index contributed by atoms with van der Waals surface area (Å²) in [6.07, 6.45) is -0.797. The number of nitrogens with one attached hydrogen (secondary N) is 1. The van der Waals surface area contributed by atoms with Crippen molar-refractivity contribution >= 4 is 50.2 Å². The molecule has 1 aromatic carbocycles. The third kappa shape index (κ3) is 4.75. The number of hydrogen-bond donors (Lipinski definition) is 2. The maximum atomic E-state index is 14.1. The molecular weight excluding hydrogens is 395 g/mol. The number of ether oxygens (including phenoxy) is 2. The Bertz CT molecular complexity index is 1020. The summed E-state index contributed by atoms with van der Waals surface area (Å²) < 4.78 is 24.9. The van der Waals surface area contributed by atoms with Crippen LogP contribution in [-0.4, -0.2) is 21.7 Å². The van der Waals surface area contributed by atoms with Gasteiger partial charge < -0.3 is 15.2 Å². The molecule has 1 amide bonds. The van der Waals surface area contributed by atoms with Gasteiger partial charge in [-0.3, -0.25) is 5.32 Å². The maximum Gasteiger partial charge on any atom is 0.412 e. The number of anilines is 2. The predicted octanol–water partition coefficient (Wildman–Crippen LogP) is 5.21. The van der Waals surface area contributed by atoms with Gasteiger partial charge >= 0.3 is 6.09 Å². The Morgan fingerprint density at radius 1 is 1.30 bits per heavy atom. The Balaban J connectivity index is 1.85. The standard InChI is InChI=1S/C17H16ClFN4O3S/c1-17(2,3)26-16(24)22-11-7-12(8(18)6-9(11)19)25-13-5-4-10-14(23-13)27-15(20)21-10/h4-7H,1-3H3,(H2,20,21)(H,22,24). The Kier molecular flexibility index (Phi) is 5.07. The summed E-state index contributed by atoms with van der Waals surface area (Å²) in [6.45, 7) is 5.11. The van der Waals surface area contributed by atoms with Crippen molar-refractivity contribution in [1.82, 2.24) is 9.97 Å². The molecule has 2 aromatic heterocycles. The molecule has 10 heteroatoms. The van der Waals surface area contributed by atoms with Crippen molar-refractivity contribution in [2.45, 2.75) is 26.4 Å². The minimum absolute atomic E-state index is 0.0213. The average Bonchev–Trinajstić information content (AvgIpc) is 2.89. The van der Waals surface area contributed by atoms with E-state index < -0.39 is 17.5 Å². The molecule has 0 fully saturated rings. The van der Waals surface area contributed by atoms with Crippen molar-refractivity contribution in [1.29, 1.82) is 0 Å². The van der Waals surface area contributed by atoms with Crippen LogP contribution in [0.4, 0.5) is 20.0 Å². The first kappa shape index (κ1) is 19.1. The fourth-order valence-electron chi connectivity index (χ4n) is 2.10. The quantitative estimate of drug-likeness (QED) is 0.615. The van der Waals surface area contributed by atoms with E-state index in [1.165, 1.54) is 17.4 Å². The van der Waals surface area contributed by atoms with E-state index in [1.807, 2.05) is 0 Å². The van der Waals surface area contributed by atoms with E-state index in [4.69, 9.17) is 26.8 Å². The number of aromatic nitrogens is 2. The normalized spacial score (nSPS) is 11.4. The SMILES string of the molecule is CC(C)(C)OC(=O)Nc1cc(Oc2ccc3nc(N)sc3n2)c(Cl)cc1F. The van der Waals surface area contributed by atoms with E-state index in [2.05, 4.69) is 15.3 Å². The summed E-state index contributed by atoms with van der Waals surface area (Å²) in [6, 6.07) is 5.57. The molecule has 0 saturated carbocycles. The number of fused-ring (bicyclic) bond motifs is 1. The van der Waals surface area contributed by atoms with Crippen molar-refractivity contribution < 1.29 is 18.7 Å². The van der Waals surface area contributed by atoms with Gasteiger partial charge in [0, 0.05) is 12.1 Å². The summed E-state index contributed by atoms with van der Waals surface area (Å²) in [5.74, 6) is -0.381. The molecule has 27 heavy (non-hydrogen) atoms. The van der Waals surface area contributed by atoms with Crippen LogP contribution in [0, 0.1) is 5.82 Å². The molecule has 0 aliphatic heterocycles. The molecular formula is C17H16ClFN4O3S. The average molecular weight is 411 g/mol. The lowest BCUT2D eigenvalue weighted by molar-refractivity contribution is 0.0635. The van der Waals surface area contributed by atoms with Crippen LogP contribution in [0.25, 0.3) is 10.3 Å². The highest BCUT2D eigenvalue weighted by atomic mass is 35.5. The van der Waals surface area contributed by atoms with Gasteiger partial charge in [-0.25, -0.2) is 19.2 Å². The third-order valence-electron chi connectivity index (χ3n) is 3.12. The second-order valence-corrected chi connectivity index (χ2v) is 7.93. The zero-order chi connectivity index (χ0) is 19.8. The molecule has 142 valence electrons. The van der Waals surface area contributed by atoms with Crippen molar-refractivity contribution in [3.63, 3.8) is 0 Å². The van der Waals surface area contributed by atoms with E-state index in [0.29, 0.717) is 15.5 Å². The van der Waals surface area contributed by atoms with Crippen LogP contribution in [0.15, 0.2) is 24.3 Å². The van der Waals surface area contributed by atoms with Crippen LogP contribution in [-0.2, 0) is 4.74 Å². The molecule has 0 unspecified atom stereocenters. The molecule has 0 aliphatic rings. The number of pyridine rings is 1. The lowest BCUT2D eigenvalue weighted by Crippen LogP contribution is -2.27. The fourth-order valence-corrected chi connectivity index (χ4v) is 2.99. The van der Waals surface area contributed by atoms with Crippen molar-refractivity contribution in [2.24, 2.45) is 0 Å². The van der Waals surface area contributed by atoms with Crippen molar-refractivity contribution in [2.75, 3.05) is 11.1 Å². The fraction of sp³-hybridized carbons (Fsp3) is 0.235. The molecule has 3 aromatic rings. The van der Waals surface area contributed by atoms with Crippen LogP contribution in [0.3, 0.4) is 0 Å². The molecule has 2 heterocycles. The molecule has 0 saturated heterocycles. The van der Waals surface area contributed by atoms with E-state index in [1.54, 1.807) is 32.9 Å². The molecule has 0 radical (unpaired) electrons. The van der Waals surface area contributed by atoms with Crippen molar-refractivity contribution in [3.8, 4) is 11.6 Å². The van der Waals surface area contributed by atoms with E-state index in [0.717, 1.165) is 6.07 Å². The molecule has 3 rings (SSSR count). The van der Waals surface area contributed by atoms with Gasteiger partial charge in [-0.1, -0.05) is 22.9 Å². The number of halogens is 2. The van der Waals surface area contributed by atoms with Gasteiger partial charge in [0.05, 0.1) is 10.7 Å². The van der Waals surface area contributed by atoms with Crippen molar-refractivity contribution in [3.05, 3.63) is 35.1 Å². The van der Waals surface area contributed by atoms with Crippen LogP contribution in [0.1, 0.15) is 20.8 Å². The summed E-state index contributed by atoms with van der Waals surface area (Å²) in [5.41, 5.74) is 5.44. The highest BCUT2D eigenvalue weighted by molar-refractivity contribution is 7.21. The molecule has 0 atom stereocenters. The number of nitrogen functional groups attached to an aromatic ring is 1. The topological polar surface area (TPSA) is 99.4 Å². The summed E-state index contributed by atoms with van der Waals surface area (Å²) in [5, 5.41) is 2.74. The monoisotopic (exact) mass is 410 g/mol. The Morgan fingerprint density at radius 3 is 2.74 bits per heavy atom. The first-order valence-electron chi connectivity index (χ1n) is 7.81. The van der Waals surface area contributed by atoms with E-state index in [9.17, 15) is 9.18 Å². The zero-order valence-electron chi connectivity index (χ0n) is 14.7. The van der Waals surface area contributed by atoms with Gasteiger partial charge in [0.25, 0.3) is 0 Å². The van der Waals surface area contributed by atoms with Crippen LogP contribution >= 0.6 is 22.9 Å². The van der Waals surface area contributed by atoms with Gasteiger partial charge in [0.15, 0.2) is 5.13 Å².